The van der Waals surface area contributed by atoms with E-state index in [1.807, 2.05) is 12.1 Å². The van der Waals surface area contributed by atoms with Crippen LogP contribution in [0.2, 0.25) is 0 Å². The zero-order valence-corrected chi connectivity index (χ0v) is 15.4. The largest absolute Gasteiger partial charge is 0.508 e. The lowest BCUT2D eigenvalue weighted by Gasteiger charge is -2.54. The second kappa shape index (κ2) is 6.12. The molecule has 1 aromatic rings. The Kier molecular flexibility index (Phi) is 4.18. The monoisotopic (exact) mass is 342 g/mol. The maximum atomic E-state index is 11.6. The van der Waals surface area contributed by atoms with E-state index in [4.69, 9.17) is 0 Å². The lowest BCUT2D eigenvalue weighted by molar-refractivity contribution is -0.117. The third kappa shape index (κ3) is 2.71. The van der Waals surface area contributed by atoms with E-state index in [0.717, 1.165) is 38.5 Å². The molecule has 0 saturated heterocycles. The van der Waals surface area contributed by atoms with Gasteiger partial charge in [0.25, 0.3) is 0 Å². The van der Waals surface area contributed by atoms with Crippen molar-refractivity contribution in [1.29, 1.82) is 0 Å². The quantitative estimate of drug-likeness (QED) is 0.865. The second-order valence-corrected chi connectivity index (χ2v) is 9.02. The first-order valence-corrected chi connectivity index (χ1v) is 9.89. The van der Waals surface area contributed by atoms with E-state index >= 15 is 0 Å². The SMILES string of the molecule is CC(=O)CC[C@H]1C[C@]2(C)C(O)CC[C@H]2[C@@H]2CCc3cc(O)ccc3[C@@H]12. The van der Waals surface area contributed by atoms with E-state index in [0.29, 0.717) is 35.8 Å². The predicted octanol–water partition coefficient (Wildman–Crippen LogP) is 4.20. The van der Waals surface area contributed by atoms with Crippen LogP contribution >= 0.6 is 0 Å². The van der Waals surface area contributed by atoms with Gasteiger partial charge in [-0.15, -0.1) is 0 Å². The molecule has 2 saturated carbocycles. The fourth-order valence-electron chi connectivity index (χ4n) is 6.52. The molecule has 0 aliphatic heterocycles. The van der Waals surface area contributed by atoms with Gasteiger partial charge in [-0.25, -0.2) is 0 Å². The predicted molar refractivity (Wildman–Crippen MR) is 97.5 cm³/mol. The number of aromatic hydroxyl groups is 1. The molecule has 3 aliphatic rings. The summed E-state index contributed by atoms with van der Waals surface area (Å²) in [4.78, 5) is 11.6. The first-order valence-electron chi connectivity index (χ1n) is 9.89. The van der Waals surface area contributed by atoms with Gasteiger partial charge >= 0.3 is 0 Å². The van der Waals surface area contributed by atoms with Crippen molar-refractivity contribution in [3.63, 3.8) is 0 Å². The van der Waals surface area contributed by atoms with Gasteiger partial charge in [0.05, 0.1) is 6.10 Å². The molecule has 25 heavy (non-hydrogen) atoms. The third-order valence-corrected chi connectivity index (χ3v) is 7.65. The summed E-state index contributed by atoms with van der Waals surface area (Å²) in [6, 6.07) is 5.88. The maximum Gasteiger partial charge on any atom is 0.129 e. The molecule has 0 amide bonds. The topological polar surface area (TPSA) is 57.5 Å². The third-order valence-electron chi connectivity index (χ3n) is 7.65. The Morgan fingerprint density at radius 1 is 1.28 bits per heavy atom. The normalized spacial score (nSPS) is 39.4. The molecule has 6 atom stereocenters. The van der Waals surface area contributed by atoms with Crippen molar-refractivity contribution in [2.75, 3.05) is 0 Å². The van der Waals surface area contributed by atoms with Gasteiger partial charge in [-0.05, 0) is 97.8 Å². The van der Waals surface area contributed by atoms with Gasteiger partial charge < -0.3 is 15.0 Å². The Balaban J connectivity index is 1.73. The van der Waals surface area contributed by atoms with Crippen molar-refractivity contribution < 1.29 is 15.0 Å². The van der Waals surface area contributed by atoms with Gasteiger partial charge in [-0.1, -0.05) is 13.0 Å². The van der Waals surface area contributed by atoms with Gasteiger partial charge in [0.15, 0.2) is 0 Å². The van der Waals surface area contributed by atoms with Crippen molar-refractivity contribution in [2.45, 2.75) is 70.8 Å². The zero-order chi connectivity index (χ0) is 17.8. The highest BCUT2D eigenvalue weighted by atomic mass is 16.3. The molecular weight excluding hydrogens is 312 g/mol. The fourth-order valence-corrected chi connectivity index (χ4v) is 6.52. The van der Waals surface area contributed by atoms with E-state index in [9.17, 15) is 15.0 Å². The van der Waals surface area contributed by atoms with Gasteiger partial charge in [-0.2, -0.15) is 0 Å². The molecule has 4 rings (SSSR count). The van der Waals surface area contributed by atoms with Crippen LogP contribution in [-0.2, 0) is 11.2 Å². The zero-order valence-electron chi connectivity index (χ0n) is 15.4. The van der Waals surface area contributed by atoms with Crippen LogP contribution in [0.15, 0.2) is 18.2 Å². The second-order valence-electron chi connectivity index (χ2n) is 9.02. The molecule has 0 aromatic heterocycles. The van der Waals surface area contributed by atoms with Crippen molar-refractivity contribution in [3.8, 4) is 5.75 Å². The summed E-state index contributed by atoms with van der Waals surface area (Å²) in [7, 11) is 0. The van der Waals surface area contributed by atoms with Crippen LogP contribution in [0.4, 0.5) is 0 Å². The number of aliphatic hydroxyl groups is 1. The van der Waals surface area contributed by atoms with Crippen LogP contribution in [0.3, 0.4) is 0 Å². The molecule has 3 aliphatic carbocycles. The van der Waals surface area contributed by atoms with Gasteiger partial charge in [0.2, 0.25) is 0 Å². The summed E-state index contributed by atoms with van der Waals surface area (Å²) < 4.78 is 0. The van der Waals surface area contributed by atoms with Gasteiger partial charge in [0, 0.05) is 6.42 Å². The molecule has 3 nitrogen and oxygen atoms in total. The maximum absolute atomic E-state index is 11.6. The van der Waals surface area contributed by atoms with E-state index < -0.39 is 0 Å². The summed E-state index contributed by atoms with van der Waals surface area (Å²) in [5.74, 6) is 2.73. The molecule has 0 heterocycles. The van der Waals surface area contributed by atoms with E-state index in [1.165, 1.54) is 11.1 Å². The molecule has 0 spiro atoms. The number of phenolic OH excluding ortho intramolecular Hbond substituents is 1. The van der Waals surface area contributed by atoms with Crippen LogP contribution in [0.1, 0.15) is 69.4 Å². The van der Waals surface area contributed by atoms with Crippen LogP contribution in [-0.4, -0.2) is 22.1 Å². The Morgan fingerprint density at radius 2 is 2.08 bits per heavy atom. The molecule has 0 radical (unpaired) electrons. The number of carbonyl (C=O) groups excluding carboxylic acids is 1. The number of benzene rings is 1. The minimum Gasteiger partial charge on any atom is -0.508 e. The highest BCUT2D eigenvalue weighted by Crippen LogP contribution is 2.63. The average molecular weight is 342 g/mol. The molecule has 0 bridgehead atoms. The van der Waals surface area contributed by atoms with Crippen LogP contribution in [0.5, 0.6) is 5.75 Å². The Hall–Kier alpha value is -1.35. The summed E-state index contributed by atoms with van der Waals surface area (Å²) >= 11 is 0. The first kappa shape index (κ1) is 17.1. The van der Waals surface area contributed by atoms with Crippen molar-refractivity contribution in [2.24, 2.45) is 23.2 Å². The molecular formula is C22H30O3. The summed E-state index contributed by atoms with van der Waals surface area (Å²) in [5.41, 5.74) is 2.69. The number of fused-ring (bicyclic) bond motifs is 5. The minimum absolute atomic E-state index is 0.0110. The smallest absolute Gasteiger partial charge is 0.129 e. The Bertz CT molecular complexity index is 682. The summed E-state index contributed by atoms with van der Waals surface area (Å²) in [5, 5.41) is 20.6. The molecule has 1 aromatic carbocycles. The molecule has 136 valence electrons. The molecule has 2 fully saturated rings. The molecule has 3 heteroatoms. The number of ketones is 1. The number of Topliss-reactive ketones (excluding diaryl/α,β-unsaturated/α-hetero) is 1. The number of hydrogen-bond acceptors (Lipinski definition) is 3. The lowest BCUT2D eigenvalue weighted by atomic mass is 9.51. The van der Waals surface area contributed by atoms with E-state index in [2.05, 4.69) is 13.0 Å². The standard InChI is InChI=1S/C22H30O3/c1-13(23)3-4-15-12-22(2)19(9-10-20(22)25)18-7-5-14-11-16(24)6-8-17(14)21(15)18/h6,8,11,15,18-21,24-25H,3-5,7,9-10,12H2,1-2H3/t15-,18-,19-,20?,21+,22-/m0/s1. The van der Waals surface area contributed by atoms with Crippen LogP contribution in [0.25, 0.3) is 0 Å². The van der Waals surface area contributed by atoms with Crippen LogP contribution < -0.4 is 0 Å². The highest BCUT2D eigenvalue weighted by Gasteiger charge is 2.57. The van der Waals surface area contributed by atoms with Crippen LogP contribution in [0, 0.1) is 23.2 Å². The number of rotatable bonds is 3. The van der Waals surface area contributed by atoms with Gasteiger partial charge in [0.1, 0.15) is 11.5 Å². The average Bonchev–Trinajstić information content (AvgIpc) is 2.87. The number of carbonyl (C=O) groups is 1. The number of hydrogen-bond donors (Lipinski definition) is 2. The Labute approximate surface area is 150 Å². The van der Waals surface area contributed by atoms with E-state index in [1.54, 1.807) is 6.92 Å². The van der Waals surface area contributed by atoms with Crippen molar-refractivity contribution in [1.82, 2.24) is 0 Å². The molecule has 1 unspecified atom stereocenters. The molecule has 2 N–H and O–H groups in total. The number of aliphatic hydroxyl groups excluding tert-OH is 1. The minimum atomic E-state index is -0.195. The fraction of sp³-hybridized carbons (Fsp3) is 0.682. The van der Waals surface area contributed by atoms with Crippen molar-refractivity contribution >= 4 is 5.78 Å². The van der Waals surface area contributed by atoms with Crippen molar-refractivity contribution in [3.05, 3.63) is 29.3 Å². The number of phenols is 1. The summed E-state index contributed by atoms with van der Waals surface area (Å²) in [6.45, 7) is 3.97. The van der Waals surface area contributed by atoms with Gasteiger partial charge in [-0.3, -0.25) is 0 Å². The number of aryl methyl sites for hydroxylation is 1. The summed E-state index contributed by atoms with van der Waals surface area (Å²) in [6.07, 6.45) is 6.60. The highest BCUT2D eigenvalue weighted by molar-refractivity contribution is 5.75. The lowest BCUT2D eigenvalue weighted by Crippen LogP contribution is -2.48. The van der Waals surface area contributed by atoms with E-state index in [-0.39, 0.29) is 17.3 Å². The Morgan fingerprint density at radius 3 is 2.84 bits per heavy atom. The first-order chi connectivity index (χ1) is 11.9.